The molecular formula is C14H27NO. The fourth-order valence-electron chi connectivity index (χ4n) is 2.61. The third kappa shape index (κ3) is 4.15. The molecule has 1 saturated heterocycles. The lowest BCUT2D eigenvalue weighted by molar-refractivity contribution is -0.136. The molecular weight excluding hydrogens is 198 g/mol. The lowest BCUT2D eigenvalue weighted by Crippen LogP contribution is -2.43. The monoisotopic (exact) mass is 225 g/mol. The van der Waals surface area contributed by atoms with Crippen molar-refractivity contribution in [3.63, 3.8) is 0 Å². The van der Waals surface area contributed by atoms with Crippen LogP contribution in [0.25, 0.3) is 0 Å². The van der Waals surface area contributed by atoms with Crippen LogP contribution in [-0.4, -0.2) is 23.4 Å². The summed E-state index contributed by atoms with van der Waals surface area (Å²) in [6.45, 7) is 5.44. The van der Waals surface area contributed by atoms with Crippen LogP contribution in [0, 0.1) is 0 Å². The molecule has 0 aromatic carbocycles. The SMILES string of the molecule is CCCCCCCN1C(=O)CCCC1CC. The van der Waals surface area contributed by atoms with Gasteiger partial charge in [0.1, 0.15) is 0 Å². The maximum absolute atomic E-state index is 11.8. The highest BCUT2D eigenvalue weighted by atomic mass is 16.2. The number of rotatable bonds is 7. The number of carbonyl (C=O) groups is 1. The minimum absolute atomic E-state index is 0.397. The largest absolute Gasteiger partial charge is 0.340 e. The Morgan fingerprint density at radius 1 is 1.19 bits per heavy atom. The van der Waals surface area contributed by atoms with Gasteiger partial charge in [0, 0.05) is 19.0 Å². The Morgan fingerprint density at radius 2 is 1.94 bits per heavy atom. The van der Waals surface area contributed by atoms with Crippen molar-refractivity contribution in [3.05, 3.63) is 0 Å². The van der Waals surface area contributed by atoms with Crippen molar-refractivity contribution < 1.29 is 4.79 Å². The van der Waals surface area contributed by atoms with Crippen molar-refractivity contribution in [2.75, 3.05) is 6.54 Å². The molecule has 2 nitrogen and oxygen atoms in total. The van der Waals surface area contributed by atoms with Gasteiger partial charge in [0.25, 0.3) is 0 Å². The molecule has 2 heteroatoms. The molecule has 1 aliphatic heterocycles. The van der Waals surface area contributed by atoms with Crippen molar-refractivity contribution in [3.8, 4) is 0 Å². The molecule has 0 saturated carbocycles. The summed E-state index contributed by atoms with van der Waals surface area (Å²) in [6, 6.07) is 0.535. The summed E-state index contributed by atoms with van der Waals surface area (Å²) in [5, 5.41) is 0. The van der Waals surface area contributed by atoms with Gasteiger partial charge in [-0.3, -0.25) is 4.79 Å². The van der Waals surface area contributed by atoms with Gasteiger partial charge >= 0.3 is 0 Å². The van der Waals surface area contributed by atoms with E-state index in [0.717, 1.165) is 25.8 Å². The maximum atomic E-state index is 11.8. The summed E-state index contributed by atoms with van der Waals surface area (Å²) < 4.78 is 0. The average Bonchev–Trinajstić information content (AvgIpc) is 2.30. The molecule has 0 aromatic heterocycles. The van der Waals surface area contributed by atoms with Crippen molar-refractivity contribution in [2.45, 2.75) is 77.7 Å². The van der Waals surface area contributed by atoms with Crippen molar-refractivity contribution in [1.82, 2.24) is 4.90 Å². The van der Waals surface area contributed by atoms with Crippen molar-refractivity contribution >= 4 is 5.91 Å². The predicted octanol–water partition coefficient (Wildman–Crippen LogP) is 3.75. The van der Waals surface area contributed by atoms with E-state index < -0.39 is 0 Å². The Morgan fingerprint density at radius 3 is 2.62 bits per heavy atom. The minimum atomic E-state index is 0.397. The summed E-state index contributed by atoms with van der Waals surface area (Å²) in [5.41, 5.74) is 0. The number of piperidine rings is 1. The van der Waals surface area contributed by atoms with Gasteiger partial charge in [0.15, 0.2) is 0 Å². The molecule has 1 atom stereocenters. The quantitative estimate of drug-likeness (QED) is 0.604. The summed E-state index contributed by atoms with van der Waals surface area (Å²) in [7, 11) is 0. The van der Waals surface area contributed by atoms with Crippen LogP contribution in [0.3, 0.4) is 0 Å². The maximum Gasteiger partial charge on any atom is 0.222 e. The lowest BCUT2D eigenvalue weighted by Gasteiger charge is -2.35. The molecule has 16 heavy (non-hydrogen) atoms. The first-order chi connectivity index (χ1) is 7.79. The molecule has 0 spiro atoms. The second-order valence-electron chi connectivity index (χ2n) is 4.96. The Hall–Kier alpha value is -0.530. The van der Waals surface area contributed by atoms with E-state index in [2.05, 4.69) is 18.7 Å². The van der Waals surface area contributed by atoms with Crippen LogP contribution in [0.1, 0.15) is 71.6 Å². The van der Waals surface area contributed by atoms with E-state index in [0.29, 0.717) is 11.9 Å². The van der Waals surface area contributed by atoms with Crippen LogP contribution in [0.2, 0.25) is 0 Å². The molecule has 1 rings (SSSR count). The first kappa shape index (κ1) is 13.5. The van der Waals surface area contributed by atoms with E-state index in [9.17, 15) is 4.79 Å². The number of unbranched alkanes of at least 4 members (excludes halogenated alkanes) is 4. The zero-order valence-corrected chi connectivity index (χ0v) is 11.0. The fourth-order valence-corrected chi connectivity index (χ4v) is 2.61. The average molecular weight is 225 g/mol. The number of carbonyl (C=O) groups excluding carboxylic acids is 1. The standard InChI is InChI=1S/C14H27NO/c1-3-5-6-7-8-12-15-13(4-2)10-9-11-14(15)16/h13H,3-12H2,1-2H3. The highest BCUT2D eigenvalue weighted by Crippen LogP contribution is 2.21. The molecule has 1 unspecified atom stereocenters. The molecule has 0 radical (unpaired) electrons. The molecule has 0 N–H and O–H groups in total. The van der Waals surface area contributed by atoms with E-state index in [1.54, 1.807) is 0 Å². The van der Waals surface area contributed by atoms with Crippen LogP contribution in [0.15, 0.2) is 0 Å². The first-order valence-electron chi connectivity index (χ1n) is 7.09. The van der Waals surface area contributed by atoms with Gasteiger partial charge in [-0.05, 0) is 25.7 Å². The van der Waals surface area contributed by atoms with Gasteiger partial charge in [-0.25, -0.2) is 0 Å². The first-order valence-corrected chi connectivity index (χ1v) is 7.09. The molecule has 0 aromatic rings. The van der Waals surface area contributed by atoms with Crippen LogP contribution in [-0.2, 0) is 4.79 Å². The van der Waals surface area contributed by atoms with Gasteiger partial charge in [-0.1, -0.05) is 39.5 Å². The van der Waals surface area contributed by atoms with Crippen LogP contribution < -0.4 is 0 Å². The highest BCUT2D eigenvalue weighted by molar-refractivity contribution is 5.77. The molecule has 94 valence electrons. The molecule has 1 heterocycles. The Balaban J connectivity index is 2.23. The van der Waals surface area contributed by atoms with Gasteiger partial charge in [0.05, 0.1) is 0 Å². The third-order valence-electron chi connectivity index (χ3n) is 3.66. The third-order valence-corrected chi connectivity index (χ3v) is 3.66. The van der Waals surface area contributed by atoms with Gasteiger partial charge in [-0.2, -0.15) is 0 Å². The van der Waals surface area contributed by atoms with Gasteiger partial charge in [0.2, 0.25) is 5.91 Å². The summed E-state index contributed by atoms with van der Waals surface area (Å²) in [6.07, 6.45) is 10.7. The molecule has 1 aliphatic rings. The molecule has 1 amide bonds. The van der Waals surface area contributed by atoms with Crippen LogP contribution >= 0.6 is 0 Å². The van der Waals surface area contributed by atoms with Gasteiger partial charge < -0.3 is 4.90 Å². The van der Waals surface area contributed by atoms with E-state index in [4.69, 9.17) is 0 Å². The number of nitrogens with zero attached hydrogens (tertiary/aromatic N) is 1. The Bertz CT molecular complexity index is 203. The summed E-state index contributed by atoms with van der Waals surface area (Å²) in [5.74, 6) is 0.397. The second kappa shape index (κ2) is 7.70. The highest BCUT2D eigenvalue weighted by Gasteiger charge is 2.25. The zero-order valence-electron chi connectivity index (χ0n) is 11.0. The smallest absolute Gasteiger partial charge is 0.222 e. The zero-order chi connectivity index (χ0) is 11.8. The summed E-state index contributed by atoms with van der Waals surface area (Å²) in [4.78, 5) is 14.0. The number of likely N-dealkylation sites (tertiary alicyclic amines) is 1. The number of hydrogen-bond donors (Lipinski definition) is 0. The number of amides is 1. The van der Waals surface area contributed by atoms with Crippen LogP contribution in [0.4, 0.5) is 0 Å². The van der Waals surface area contributed by atoms with E-state index in [1.165, 1.54) is 38.5 Å². The fraction of sp³-hybridized carbons (Fsp3) is 0.929. The Kier molecular flexibility index (Phi) is 6.51. The van der Waals surface area contributed by atoms with Crippen molar-refractivity contribution in [1.29, 1.82) is 0 Å². The topological polar surface area (TPSA) is 20.3 Å². The van der Waals surface area contributed by atoms with Gasteiger partial charge in [-0.15, -0.1) is 0 Å². The lowest BCUT2D eigenvalue weighted by atomic mass is 9.99. The summed E-state index contributed by atoms with van der Waals surface area (Å²) >= 11 is 0. The Labute approximate surface area is 100 Å². The molecule has 0 bridgehead atoms. The predicted molar refractivity (Wildman–Crippen MR) is 68.4 cm³/mol. The normalized spacial score (nSPS) is 21.5. The van der Waals surface area contributed by atoms with E-state index in [-0.39, 0.29) is 0 Å². The second-order valence-corrected chi connectivity index (χ2v) is 4.96. The van der Waals surface area contributed by atoms with Crippen molar-refractivity contribution in [2.24, 2.45) is 0 Å². The number of hydrogen-bond acceptors (Lipinski definition) is 1. The van der Waals surface area contributed by atoms with E-state index in [1.807, 2.05) is 0 Å². The van der Waals surface area contributed by atoms with E-state index >= 15 is 0 Å². The molecule has 0 aliphatic carbocycles. The van der Waals surface area contributed by atoms with Crippen LogP contribution in [0.5, 0.6) is 0 Å². The minimum Gasteiger partial charge on any atom is -0.340 e. The molecule has 1 fully saturated rings.